The Bertz CT molecular complexity index is 168. The van der Waals surface area contributed by atoms with Crippen LogP contribution in [0.5, 0.6) is 0 Å². The van der Waals surface area contributed by atoms with Gasteiger partial charge in [0.05, 0.1) is 18.6 Å². The molecule has 1 aliphatic carbocycles. The minimum absolute atomic E-state index is 0.0248. The Balaban J connectivity index is 2.04. The van der Waals surface area contributed by atoms with Gasteiger partial charge in [-0.3, -0.25) is 4.79 Å². The summed E-state index contributed by atoms with van der Waals surface area (Å²) in [5.41, 5.74) is 0. The Morgan fingerprint density at radius 3 is 2.85 bits per heavy atom. The van der Waals surface area contributed by atoms with Gasteiger partial charge in [-0.05, 0) is 19.8 Å². The number of hydrogen-bond acceptors (Lipinski definition) is 3. The summed E-state index contributed by atoms with van der Waals surface area (Å²) in [5, 5.41) is 0. The van der Waals surface area contributed by atoms with E-state index in [0.29, 0.717) is 6.61 Å². The van der Waals surface area contributed by atoms with Gasteiger partial charge < -0.3 is 9.47 Å². The standard InChI is InChI=1S/C10H18O3/c1-3-5-6-13-9-7-8(9)10(11)12-4-2/h8-9H,3-7H2,1-2H3/t8-,9+/m1/s1. The average Bonchev–Trinajstić information content (AvgIpc) is 2.85. The van der Waals surface area contributed by atoms with E-state index in [0.717, 1.165) is 25.9 Å². The highest BCUT2D eigenvalue weighted by Gasteiger charge is 2.45. The van der Waals surface area contributed by atoms with Crippen molar-refractivity contribution in [2.45, 2.75) is 39.2 Å². The maximum Gasteiger partial charge on any atom is 0.311 e. The van der Waals surface area contributed by atoms with Gasteiger partial charge in [-0.2, -0.15) is 0 Å². The molecule has 3 nitrogen and oxygen atoms in total. The molecule has 0 aromatic rings. The predicted octanol–water partition coefficient (Wildman–Crippen LogP) is 1.75. The van der Waals surface area contributed by atoms with E-state index < -0.39 is 0 Å². The van der Waals surface area contributed by atoms with Crippen molar-refractivity contribution in [2.75, 3.05) is 13.2 Å². The zero-order chi connectivity index (χ0) is 9.68. The molecule has 76 valence electrons. The zero-order valence-electron chi connectivity index (χ0n) is 8.41. The van der Waals surface area contributed by atoms with Gasteiger partial charge >= 0.3 is 5.97 Å². The Kier molecular flexibility index (Phi) is 4.22. The fourth-order valence-corrected chi connectivity index (χ4v) is 1.23. The second-order valence-corrected chi connectivity index (χ2v) is 3.36. The fraction of sp³-hybridized carbons (Fsp3) is 0.900. The van der Waals surface area contributed by atoms with Crippen molar-refractivity contribution in [3.05, 3.63) is 0 Å². The minimum atomic E-state index is -0.0935. The average molecular weight is 186 g/mol. The van der Waals surface area contributed by atoms with Crippen LogP contribution in [0.4, 0.5) is 0 Å². The smallest absolute Gasteiger partial charge is 0.311 e. The van der Waals surface area contributed by atoms with E-state index in [1.165, 1.54) is 0 Å². The van der Waals surface area contributed by atoms with E-state index in [9.17, 15) is 4.79 Å². The second-order valence-electron chi connectivity index (χ2n) is 3.36. The van der Waals surface area contributed by atoms with E-state index in [-0.39, 0.29) is 18.0 Å². The highest BCUT2D eigenvalue weighted by molar-refractivity contribution is 5.76. The van der Waals surface area contributed by atoms with Crippen molar-refractivity contribution in [3.8, 4) is 0 Å². The Labute approximate surface area is 79.4 Å². The van der Waals surface area contributed by atoms with Gasteiger partial charge in [0.2, 0.25) is 0 Å². The number of carbonyl (C=O) groups is 1. The molecular weight excluding hydrogens is 168 g/mol. The molecule has 1 fully saturated rings. The summed E-state index contributed by atoms with van der Waals surface area (Å²) in [5.74, 6) is -0.0687. The minimum Gasteiger partial charge on any atom is -0.466 e. The maximum atomic E-state index is 11.1. The van der Waals surface area contributed by atoms with Crippen LogP contribution in [0.1, 0.15) is 33.1 Å². The van der Waals surface area contributed by atoms with E-state index in [2.05, 4.69) is 6.92 Å². The summed E-state index contributed by atoms with van der Waals surface area (Å²) in [6, 6.07) is 0. The molecule has 0 radical (unpaired) electrons. The van der Waals surface area contributed by atoms with Crippen LogP contribution in [0.3, 0.4) is 0 Å². The van der Waals surface area contributed by atoms with Crippen LogP contribution in [0.2, 0.25) is 0 Å². The molecule has 0 amide bonds. The molecule has 0 unspecified atom stereocenters. The third-order valence-electron chi connectivity index (χ3n) is 2.15. The van der Waals surface area contributed by atoms with Gasteiger partial charge in [-0.15, -0.1) is 0 Å². The monoisotopic (exact) mass is 186 g/mol. The van der Waals surface area contributed by atoms with Crippen molar-refractivity contribution in [2.24, 2.45) is 5.92 Å². The lowest BCUT2D eigenvalue weighted by Gasteiger charge is -2.02. The normalized spacial score (nSPS) is 25.7. The molecule has 13 heavy (non-hydrogen) atoms. The van der Waals surface area contributed by atoms with E-state index in [4.69, 9.17) is 9.47 Å². The summed E-state index contributed by atoms with van der Waals surface area (Å²) in [7, 11) is 0. The van der Waals surface area contributed by atoms with Crippen LogP contribution in [-0.4, -0.2) is 25.3 Å². The molecule has 0 spiro atoms. The van der Waals surface area contributed by atoms with Gasteiger partial charge in [-0.1, -0.05) is 13.3 Å². The van der Waals surface area contributed by atoms with Crippen molar-refractivity contribution < 1.29 is 14.3 Å². The van der Waals surface area contributed by atoms with Crippen LogP contribution in [0.15, 0.2) is 0 Å². The molecular formula is C10H18O3. The molecule has 0 bridgehead atoms. The lowest BCUT2D eigenvalue weighted by atomic mass is 10.4. The molecule has 0 heterocycles. The highest BCUT2D eigenvalue weighted by Crippen LogP contribution is 2.34. The molecule has 1 aliphatic rings. The van der Waals surface area contributed by atoms with Gasteiger partial charge in [0.15, 0.2) is 0 Å². The van der Waals surface area contributed by atoms with E-state index in [1.54, 1.807) is 0 Å². The Hall–Kier alpha value is -0.570. The largest absolute Gasteiger partial charge is 0.466 e. The van der Waals surface area contributed by atoms with E-state index >= 15 is 0 Å². The predicted molar refractivity (Wildman–Crippen MR) is 49.4 cm³/mol. The van der Waals surface area contributed by atoms with Gasteiger partial charge in [0.25, 0.3) is 0 Å². The van der Waals surface area contributed by atoms with Crippen molar-refractivity contribution in [1.82, 2.24) is 0 Å². The van der Waals surface area contributed by atoms with Crippen LogP contribution in [0, 0.1) is 5.92 Å². The van der Waals surface area contributed by atoms with Crippen LogP contribution < -0.4 is 0 Å². The molecule has 0 aromatic heterocycles. The van der Waals surface area contributed by atoms with Crippen LogP contribution >= 0.6 is 0 Å². The van der Waals surface area contributed by atoms with Crippen LogP contribution in [-0.2, 0) is 14.3 Å². The molecule has 0 saturated heterocycles. The first-order valence-corrected chi connectivity index (χ1v) is 5.07. The summed E-state index contributed by atoms with van der Waals surface area (Å²) in [6.07, 6.45) is 3.20. The molecule has 0 aromatic carbocycles. The summed E-state index contributed by atoms with van der Waals surface area (Å²) >= 11 is 0. The zero-order valence-corrected chi connectivity index (χ0v) is 8.41. The Morgan fingerprint density at radius 1 is 1.46 bits per heavy atom. The van der Waals surface area contributed by atoms with Crippen molar-refractivity contribution in [1.29, 1.82) is 0 Å². The lowest BCUT2D eigenvalue weighted by Crippen LogP contribution is -2.10. The van der Waals surface area contributed by atoms with E-state index in [1.807, 2.05) is 6.92 Å². The number of rotatable bonds is 6. The number of unbranched alkanes of at least 4 members (excludes halogenated alkanes) is 1. The first-order chi connectivity index (χ1) is 6.29. The lowest BCUT2D eigenvalue weighted by molar-refractivity contribution is -0.145. The number of carbonyl (C=O) groups excluding carboxylic acids is 1. The van der Waals surface area contributed by atoms with Gasteiger partial charge in [-0.25, -0.2) is 0 Å². The topological polar surface area (TPSA) is 35.5 Å². The number of hydrogen-bond donors (Lipinski definition) is 0. The molecule has 1 saturated carbocycles. The maximum absolute atomic E-state index is 11.1. The summed E-state index contributed by atoms with van der Waals surface area (Å²) in [4.78, 5) is 11.1. The highest BCUT2D eigenvalue weighted by atomic mass is 16.5. The number of esters is 1. The molecule has 2 atom stereocenters. The quantitative estimate of drug-likeness (QED) is 0.468. The first-order valence-electron chi connectivity index (χ1n) is 5.07. The SMILES string of the molecule is CCCCO[C@H]1C[C@H]1C(=O)OCC. The molecule has 0 N–H and O–H groups in total. The third kappa shape index (κ3) is 3.35. The Morgan fingerprint density at radius 2 is 2.23 bits per heavy atom. The third-order valence-corrected chi connectivity index (χ3v) is 2.15. The van der Waals surface area contributed by atoms with Crippen molar-refractivity contribution in [3.63, 3.8) is 0 Å². The van der Waals surface area contributed by atoms with Gasteiger partial charge in [0, 0.05) is 6.61 Å². The molecule has 0 aliphatic heterocycles. The molecule has 1 rings (SSSR count). The summed E-state index contributed by atoms with van der Waals surface area (Å²) < 4.78 is 10.4. The first kappa shape index (κ1) is 10.5. The second kappa shape index (κ2) is 5.22. The molecule has 3 heteroatoms. The van der Waals surface area contributed by atoms with Crippen molar-refractivity contribution >= 4 is 5.97 Å². The summed E-state index contributed by atoms with van der Waals surface area (Å²) in [6.45, 7) is 5.19. The number of ether oxygens (including phenoxy) is 2. The van der Waals surface area contributed by atoms with Gasteiger partial charge in [0.1, 0.15) is 0 Å². The fourth-order valence-electron chi connectivity index (χ4n) is 1.23. The van der Waals surface area contributed by atoms with Crippen LogP contribution in [0.25, 0.3) is 0 Å².